The molecule has 2 heterocycles. The summed E-state index contributed by atoms with van der Waals surface area (Å²) < 4.78 is 41.1. The SMILES string of the molecule is Cc1c(NC(=O)c2ccc(N3CCNC(C)C3)nc2)cccc1-c1ccc(OC(F)(F)F)cc1. The number of amides is 1. The molecule has 1 aliphatic heterocycles. The van der Waals surface area contributed by atoms with Crippen LogP contribution in [0.5, 0.6) is 5.75 Å². The van der Waals surface area contributed by atoms with Gasteiger partial charge in [-0.25, -0.2) is 4.98 Å². The predicted molar refractivity (Wildman–Crippen MR) is 125 cm³/mol. The summed E-state index contributed by atoms with van der Waals surface area (Å²) in [5.41, 5.74) is 3.33. The lowest BCUT2D eigenvalue weighted by molar-refractivity contribution is -0.274. The van der Waals surface area contributed by atoms with Gasteiger partial charge in [-0.3, -0.25) is 4.79 Å². The molecule has 3 aromatic rings. The van der Waals surface area contributed by atoms with Gasteiger partial charge in [-0.05, 0) is 60.9 Å². The van der Waals surface area contributed by atoms with E-state index >= 15 is 0 Å². The monoisotopic (exact) mass is 470 g/mol. The first-order valence-electron chi connectivity index (χ1n) is 10.9. The van der Waals surface area contributed by atoms with E-state index in [0.717, 1.165) is 36.6 Å². The van der Waals surface area contributed by atoms with E-state index in [-0.39, 0.29) is 11.7 Å². The molecule has 2 N–H and O–H groups in total. The third-order valence-corrected chi connectivity index (χ3v) is 5.68. The summed E-state index contributed by atoms with van der Waals surface area (Å²) in [5.74, 6) is 0.257. The lowest BCUT2D eigenvalue weighted by atomic mass is 9.99. The van der Waals surface area contributed by atoms with Crippen LogP contribution in [0.15, 0.2) is 60.8 Å². The molecular weight excluding hydrogens is 445 g/mol. The number of nitrogens with one attached hydrogen (secondary N) is 2. The summed E-state index contributed by atoms with van der Waals surface area (Å²) in [4.78, 5) is 19.5. The third kappa shape index (κ3) is 5.66. The Labute approximate surface area is 195 Å². The number of hydrogen-bond acceptors (Lipinski definition) is 5. The van der Waals surface area contributed by atoms with Crippen molar-refractivity contribution in [2.45, 2.75) is 26.3 Å². The van der Waals surface area contributed by atoms with Gasteiger partial charge in [0.25, 0.3) is 5.91 Å². The molecule has 0 saturated carbocycles. The van der Waals surface area contributed by atoms with Gasteiger partial charge in [0.05, 0.1) is 5.56 Å². The zero-order valence-corrected chi connectivity index (χ0v) is 18.8. The number of alkyl halides is 3. The summed E-state index contributed by atoms with van der Waals surface area (Å²) >= 11 is 0. The first-order valence-corrected chi connectivity index (χ1v) is 10.9. The largest absolute Gasteiger partial charge is 0.573 e. The number of nitrogens with zero attached hydrogens (tertiary/aromatic N) is 2. The van der Waals surface area contributed by atoms with Crippen molar-refractivity contribution in [3.63, 3.8) is 0 Å². The van der Waals surface area contributed by atoms with Crippen molar-refractivity contribution in [1.29, 1.82) is 0 Å². The van der Waals surface area contributed by atoms with Gasteiger partial charge in [0.2, 0.25) is 0 Å². The average molecular weight is 470 g/mol. The normalized spacial score (nSPS) is 16.3. The number of piperazine rings is 1. The summed E-state index contributed by atoms with van der Waals surface area (Å²) in [6.07, 6.45) is -3.17. The Morgan fingerprint density at radius 2 is 1.91 bits per heavy atom. The molecule has 0 spiro atoms. The highest BCUT2D eigenvalue weighted by atomic mass is 19.4. The fourth-order valence-electron chi connectivity index (χ4n) is 3.96. The van der Waals surface area contributed by atoms with E-state index in [2.05, 4.69) is 32.2 Å². The second-order valence-electron chi connectivity index (χ2n) is 8.21. The molecule has 0 radical (unpaired) electrons. The molecule has 1 unspecified atom stereocenters. The summed E-state index contributed by atoms with van der Waals surface area (Å²) in [6, 6.07) is 15.0. The number of carbonyl (C=O) groups excluding carboxylic acids is 1. The van der Waals surface area contributed by atoms with Crippen molar-refractivity contribution in [2.24, 2.45) is 0 Å². The minimum atomic E-state index is -4.74. The van der Waals surface area contributed by atoms with Crippen LogP contribution in [0.3, 0.4) is 0 Å². The molecule has 34 heavy (non-hydrogen) atoms. The number of halogens is 3. The number of rotatable bonds is 5. The van der Waals surface area contributed by atoms with Gasteiger partial charge in [0.15, 0.2) is 0 Å². The molecule has 9 heteroatoms. The van der Waals surface area contributed by atoms with Crippen LogP contribution in [0.4, 0.5) is 24.7 Å². The Balaban J connectivity index is 1.47. The predicted octanol–water partition coefficient (Wildman–Crippen LogP) is 5.01. The van der Waals surface area contributed by atoms with E-state index < -0.39 is 6.36 Å². The van der Waals surface area contributed by atoms with Gasteiger partial charge in [-0.1, -0.05) is 24.3 Å². The molecule has 0 aliphatic carbocycles. The first kappa shape index (κ1) is 23.6. The lowest BCUT2D eigenvalue weighted by Crippen LogP contribution is -2.49. The van der Waals surface area contributed by atoms with Gasteiger partial charge in [-0.15, -0.1) is 13.2 Å². The summed E-state index contributed by atoms with van der Waals surface area (Å²) in [5, 5.41) is 6.30. The third-order valence-electron chi connectivity index (χ3n) is 5.68. The molecule has 1 aliphatic rings. The molecular formula is C25H25F3N4O2. The highest BCUT2D eigenvalue weighted by molar-refractivity contribution is 6.05. The fourth-order valence-corrected chi connectivity index (χ4v) is 3.96. The molecule has 0 bridgehead atoms. The number of aromatic nitrogens is 1. The number of ether oxygens (including phenoxy) is 1. The summed E-state index contributed by atoms with van der Waals surface area (Å²) in [7, 11) is 0. The highest BCUT2D eigenvalue weighted by Gasteiger charge is 2.31. The smallest absolute Gasteiger partial charge is 0.406 e. The number of hydrogen-bond donors (Lipinski definition) is 2. The molecule has 1 atom stereocenters. The molecule has 1 amide bonds. The number of benzene rings is 2. The minimum Gasteiger partial charge on any atom is -0.406 e. The quantitative estimate of drug-likeness (QED) is 0.549. The van der Waals surface area contributed by atoms with Crippen LogP contribution in [0.1, 0.15) is 22.8 Å². The summed E-state index contributed by atoms with van der Waals surface area (Å²) in [6.45, 7) is 6.57. The highest BCUT2D eigenvalue weighted by Crippen LogP contribution is 2.31. The number of pyridine rings is 1. The Hall–Kier alpha value is -3.59. The van der Waals surface area contributed by atoms with E-state index in [1.165, 1.54) is 12.1 Å². The minimum absolute atomic E-state index is 0.287. The van der Waals surface area contributed by atoms with Crippen LogP contribution in [0.2, 0.25) is 0 Å². The topological polar surface area (TPSA) is 66.5 Å². The molecule has 1 aromatic heterocycles. The maximum atomic E-state index is 12.8. The van der Waals surface area contributed by atoms with Crippen LogP contribution in [-0.2, 0) is 0 Å². The van der Waals surface area contributed by atoms with E-state index in [1.807, 2.05) is 19.1 Å². The van der Waals surface area contributed by atoms with Gasteiger partial charge < -0.3 is 20.3 Å². The number of anilines is 2. The van der Waals surface area contributed by atoms with Gasteiger partial charge in [0, 0.05) is 37.6 Å². The van der Waals surface area contributed by atoms with Crippen LogP contribution in [0, 0.1) is 6.92 Å². The Bertz CT molecular complexity index is 1150. The molecule has 2 aromatic carbocycles. The molecule has 1 saturated heterocycles. The van der Waals surface area contributed by atoms with E-state index in [9.17, 15) is 18.0 Å². The van der Waals surface area contributed by atoms with Crippen molar-refractivity contribution >= 4 is 17.4 Å². The Morgan fingerprint density at radius 3 is 2.56 bits per heavy atom. The van der Waals surface area contributed by atoms with Crippen molar-refractivity contribution in [3.8, 4) is 16.9 Å². The van der Waals surface area contributed by atoms with Crippen LogP contribution in [-0.4, -0.2) is 42.9 Å². The van der Waals surface area contributed by atoms with Crippen LogP contribution >= 0.6 is 0 Å². The molecule has 178 valence electrons. The first-order chi connectivity index (χ1) is 16.2. The van der Waals surface area contributed by atoms with Crippen molar-refractivity contribution < 1.29 is 22.7 Å². The van der Waals surface area contributed by atoms with E-state index in [1.54, 1.807) is 36.5 Å². The van der Waals surface area contributed by atoms with Crippen LogP contribution in [0.25, 0.3) is 11.1 Å². The number of carbonyl (C=O) groups is 1. The second-order valence-corrected chi connectivity index (χ2v) is 8.21. The molecule has 4 rings (SSSR count). The second kappa shape index (κ2) is 9.72. The fraction of sp³-hybridized carbons (Fsp3) is 0.280. The van der Waals surface area contributed by atoms with Crippen molar-refractivity contribution in [3.05, 3.63) is 71.9 Å². The zero-order chi connectivity index (χ0) is 24.3. The van der Waals surface area contributed by atoms with Gasteiger partial charge in [-0.2, -0.15) is 0 Å². The zero-order valence-electron chi connectivity index (χ0n) is 18.8. The standard InChI is InChI=1S/C25H25F3N4O2/c1-16-15-32(13-12-29-16)23-11-8-19(14-30-23)24(33)31-22-5-3-4-21(17(22)2)18-6-9-20(10-7-18)34-25(26,27)28/h3-11,14,16,29H,12-13,15H2,1-2H3,(H,31,33). The average Bonchev–Trinajstić information content (AvgIpc) is 2.80. The molecule has 6 nitrogen and oxygen atoms in total. The Morgan fingerprint density at radius 1 is 1.15 bits per heavy atom. The van der Waals surface area contributed by atoms with Gasteiger partial charge in [0.1, 0.15) is 11.6 Å². The van der Waals surface area contributed by atoms with Crippen molar-refractivity contribution in [2.75, 3.05) is 29.9 Å². The molecule has 1 fully saturated rings. The Kier molecular flexibility index (Phi) is 6.74. The lowest BCUT2D eigenvalue weighted by Gasteiger charge is -2.32. The maximum Gasteiger partial charge on any atom is 0.573 e. The van der Waals surface area contributed by atoms with E-state index in [4.69, 9.17) is 0 Å². The maximum absolute atomic E-state index is 12.8. The van der Waals surface area contributed by atoms with E-state index in [0.29, 0.717) is 22.9 Å². The van der Waals surface area contributed by atoms with Gasteiger partial charge >= 0.3 is 6.36 Å². The van der Waals surface area contributed by atoms with Crippen LogP contribution < -0.4 is 20.3 Å². The van der Waals surface area contributed by atoms with Crippen molar-refractivity contribution in [1.82, 2.24) is 10.3 Å².